The molecule has 0 saturated carbocycles. The number of carbonyl (C=O) groups is 1. The molecule has 0 atom stereocenters. The van der Waals surface area contributed by atoms with Gasteiger partial charge in [-0.2, -0.15) is 0 Å². The third-order valence-corrected chi connectivity index (χ3v) is 2.47. The molecule has 1 heterocycles. The topological polar surface area (TPSA) is 56.3 Å². The van der Waals surface area contributed by atoms with Crippen LogP contribution in [0.2, 0.25) is 0 Å². The number of rotatable bonds is 3. The van der Waals surface area contributed by atoms with Gasteiger partial charge in [0.1, 0.15) is 0 Å². The number of aromatic nitrogens is 1. The van der Waals surface area contributed by atoms with Gasteiger partial charge in [-0.3, -0.25) is 0 Å². The van der Waals surface area contributed by atoms with Crippen LogP contribution in [0.3, 0.4) is 0 Å². The fraction of sp³-hybridized carbons (Fsp3) is 0.545. The third kappa shape index (κ3) is 4.26. The van der Waals surface area contributed by atoms with Gasteiger partial charge < -0.3 is 15.0 Å². The van der Waals surface area contributed by atoms with Gasteiger partial charge in [0.2, 0.25) is 0 Å². The Morgan fingerprint density at radius 3 is 2.56 bits per heavy atom. The van der Waals surface area contributed by atoms with Gasteiger partial charge in [0.25, 0.3) is 0 Å². The summed E-state index contributed by atoms with van der Waals surface area (Å²) in [6, 6.07) is 1.89. The van der Waals surface area contributed by atoms with Gasteiger partial charge in [-0.05, 0) is 33.0 Å². The highest BCUT2D eigenvalue weighted by atomic mass is 79.9. The number of amides is 1. The van der Waals surface area contributed by atoms with Crippen LogP contribution in [0, 0.1) is 5.41 Å². The average molecular weight is 289 g/mol. The molecule has 0 saturated heterocycles. The molecule has 16 heavy (non-hydrogen) atoms. The molecule has 0 aromatic carbocycles. The fourth-order valence-electron chi connectivity index (χ4n) is 1.48. The van der Waals surface area contributed by atoms with E-state index in [1.54, 1.807) is 0 Å². The fourth-order valence-corrected chi connectivity index (χ4v) is 1.89. The third-order valence-electron chi connectivity index (χ3n) is 2.02. The van der Waals surface area contributed by atoms with Crippen LogP contribution >= 0.6 is 15.9 Å². The lowest BCUT2D eigenvalue weighted by Gasteiger charge is -2.27. The molecule has 0 unspecified atom stereocenters. The molecule has 0 aliphatic rings. The van der Waals surface area contributed by atoms with E-state index in [-0.39, 0.29) is 5.41 Å². The van der Waals surface area contributed by atoms with Crippen molar-refractivity contribution in [3.63, 3.8) is 0 Å². The van der Waals surface area contributed by atoms with Gasteiger partial charge in [0, 0.05) is 12.7 Å². The molecule has 0 fully saturated rings. The van der Waals surface area contributed by atoms with E-state index in [2.05, 4.69) is 20.9 Å². The number of nitrogens with zero attached hydrogens (tertiary/aromatic N) is 1. The van der Waals surface area contributed by atoms with Crippen LogP contribution in [0.4, 0.5) is 4.79 Å². The summed E-state index contributed by atoms with van der Waals surface area (Å²) in [6.45, 7) is 7.00. The van der Waals surface area contributed by atoms with Gasteiger partial charge in [-0.25, -0.2) is 4.79 Å². The largest absolute Gasteiger partial charge is 0.465 e. The first-order valence-electron chi connectivity index (χ1n) is 5.08. The van der Waals surface area contributed by atoms with Crippen molar-refractivity contribution in [1.29, 1.82) is 0 Å². The highest BCUT2D eigenvalue weighted by molar-refractivity contribution is 9.10. The molecule has 1 rings (SSSR count). The van der Waals surface area contributed by atoms with E-state index in [1.807, 2.05) is 33.0 Å². The van der Waals surface area contributed by atoms with Crippen molar-refractivity contribution in [3.05, 3.63) is 22.4 Å². The smallest absolute Gasteiger partial charge is 0.407 e. The number of halogens is 1. The monoisotopic (exact) mass is 288 g/mol. The van der Waals surface area contributed by atoms with E-state index in [0.29, 0.717) is 13.1 Å². The Bertz CT molecular complexity index is 368. The molecule has 0 spiro atoms. The summed E-state index contributed by atoms with van der Waals surface area (Å²) in [6.07, 6.45) is 0.926. The van der Waals surface area contributed by atoms with E-state index in [1.165, 1.54) is 4.90 Å². The van der Waals surface area contributed by atoms with E-state index in [9.17, 15) is 4.79 Å². The van der Waals surface area contributed by atoms with E-state index >= 15 is 0 Å². The minimum Gasteiger partial charge on any atom is -0.465 e. The second kappa shape index (κ2) is 4.91. The lowest BCUT2D eigenvalue weighted by Crippen LogP contribution is -2.36. The molecule has 0 aliphatic heterocycles. The second-order valence-corrected chi connectivity index (χ2v) is 5.91. The quantitative estimate of drug-likeness (QED) is 0.897. The number of hydrogen-bond acceptors (Lipinski definition) is 1. The van der Waals surface area contributed by atoms with Gasteiger partial charge in [-0.15, -0.1) is 0 Å². The normalized spacial score (nSPS) is 11.5. The Balaban J connectivity index is 2.69. The van der Waals surface area contributed by atoms with Crippen LogP contribution in [-0.4, -0.2) is 27.6 Å². The Morgan fingerprint density at radius 2 is 2.19 bits per heavy atom. The maximum absolute atomic E-state index is 11.1. The number of hydrogen-bond donors (Lipinski definition) is 2. The summed E-state index contributed by atoms with van der Waals surface area (Å²) in [5.74, 6) is 0. The summed E-state index contributed by atoms with van der Waals surface area (Å²) < 4.78 is 0.864. The zero-order valence-electron chi connectivity index (χ0n) is 9.75. The zero-order valence-corrected chi connectivity index (χ0v) is 11.3. The summed E-state index contributed by atoms with van der Waals surface area (Å²) in [4.78, 5) is 15.5. The van der Waals surface area contributed by atoms with Crippen molar-refractivity contribution in [2.75, 3.05) is 6.54 Å². The highest BCUT2D eigenvalue weighted by Crippen LogP contribution is 2.18. The van der Waals surface area contributed by atoms with Gasteiger partial charge in [0.15, 0.2) is 0 Å². The van der Waals surface area contributed by atoms with Crippen LogP contribution in [0.15, 0.2) is 16.9 Å². The molecule has 0 bridgehead atoms. The summed E-state index contributed by atoms with van der Waals surface area (Å²) in [7, 11) is 0. The SMILES string of the molecule is CC(C)(C)CN(Cc1c[nH]c(Br)c1)C(=O)O. The standard InChI is InChI=1S/C11H17BrN2O2/c1-11(2,3)7-14(10(15)16)6-8-4-9(12)13-5-8/h4-5,13H,6-7H2,1-3H3,(H,15,16). The molecule has 1 amide bonds. The number of aromatic amines is 1. The van der Waals surface area contributed by atoms with Crippen LogP contribution in [0.25, 0.3) is 0 Å². The van der Waals surface area contributed by atoms with Crippen molar-refractivity contribution in [2.24, 2.45) is 5.41 Å². The van der Waals surface area contributed by atoms with Crippen LogP contribution < -0.4 is 0 Å². The molecular formula is C11H17BrN2O2. The Kier molecular flexibility index (Phi) is 4.02. The number of carboxylic acid groups (broad SMARTS) is 1. The summed E-state index contributed by atoms with van der Waals surface area (Å²) in [5, 5.41) is 9.11. The Morgan fingerprint density at radius 1 is 1.56 bits per heavy atom. The molecule has 1 aromatic rings. The molecule has 1 aromatic heterocycles. The van der Waals surface area contributed by atoms with Crippen LogP contribution in [-0.2, 0) is 6.54 Å². The van der Waals surface area contributed by atoms with E-state index in [0.717, 1.165) is 10.2 Å². The molecule has 2 N–H and O–H groups in total. The summed E-state index contributed by atoms with van der Waals surface area (Å²) >= 11 is 3.30. The van der Waals surface area contributed by atoms with Gasteiger partial charge in [-0.1, -0.05) is 20.8 Å². The predicted molar refractivity (Wildman–Crippen MR) is 66.4 cm³/mol. The first kappa shape index (κ1) is 13.1. The highest BCUT2D eigenvalue weighted by Gasteiger charge is 2.20. The second-order valence-electron chi connectivity index (χ2n) is 5.06. The van der Waals surface area contributed by atoms with Crippen molar-refractivity contribution >= 4 is 22.0 Å². The molecule has 5 heteroatoms. The average Bonchev–Trinajstić information content (AvgIpc) is 2.47. The number of nitrogens with one attached hydrogen (secondary N) is 1. The molecular weight excluding hydrogens is 272 g/mol. The predicted octanol–water partition coefficient (Wildman–Crippen LogP) is 3.30. The van der Waals surface area contributed by atoms with E-state index < -0.39 is 6.09 Å². The minimum atomic E-state index is -0.882. The number of H-pyrrole nitrogens is 1. The Labute approximate surface area is 104 Å². The zero-order chi connectivity index (χ0) is 12.3. The van der Waals surface area contributed by atoms with Crippen molar-refractivity contribution in [3.8, 4) is 0 Å². The van der Waals surface area contributed by atoms with Gasteiger partial charge >= 0.3 is 6.09 Å². The molecule has 0 aliphatic carbocycles. The summed E-state index contributed by atoms with van der Waals surface area (Å²) in [5.41, 5.74) is 0.921. The Hall–Kier alpha value is -0.970. The minimum absolute atomic E-state index is 0.0358. The lowest BCUT2D eigenvalue weighted by atomic mass is 9.96. The lowest BCUT2D eigenvalue weighted by molar-refractivity contribution is 0.123. The maximum atomic E-state index is 11.1. The molecule has 0 radical (unpaired) electrons. The first-order chi connectivity index (χ1) is 7.28. The first-order valence-corrected chi connectivity index (χ1v) is 5.88. The molecule has 90 valence electrons. The van der Waals surface area contributed by atoms with E-state index in [4.69, 9.17) is 5.11 Å². The van der Waals surface area contributed by atoms with Crippen molar-refractivity contribution in [2.45, 2.75) is 27.3 Å². The van der Waals surface area contributed by atoms with Crippen LogP contribution in [0.1, 0.15) is 26.3 Å². The van der Waals surface area contributed by atoms with Crippen molar-refractivity contribution < 1.29 is 9.90 Å². The van der Waals surface area contributed by atoms with Gasteiger partial charge in [0.05, 0.1) is 11.1 Å². The van der Waals surface area contributed by atoms with Crippen molar-refractivity contribution in [1.82, 2.24) is 9.88 Å². The molecule has 4 nitrogen and oxygen atoms in total. The van der Waals surface area contributed by atoms with Crippen LogP contribution in [0.5, 0.6) is 0 Å². The maximum Gasteiger partial charge on any atom is 0.407 e.